The molecule has 0 amide bonds. The molecule has 5 heteroatoms. The summed E-state index contributed by atoms with van der Waals surface area (Å²) in [6.45, 7) is 1.83. The van der Waals surface area contributed by atoms with Crippen LogP contribution in [0.4, 0.5) is 0 Å². The Bertz CT molecular complexity index is 370. The molecule has 2 rings (SSSR count). The zero-order chi connectivity index (χ0) is 11.4. The van der Waals surface area contributed by atoms with Crippen molar-refractivity contribution in [1.82, 2.24) is 5.48 Å². The highest BCUT2D eigenvalue weighted by Gasteiger charge is 2.16. The predicted octanol–water partition coefficient (Wildman–Crippen LogP) is 2.15. The Morgan fingerprint density at radius 1 is 1.38 bits per heavy atom. The third-order valence-corrected chi connectivity index (χ3v) is 2.75. The lowest BCUT2D eigenvalue weighted by Crippen LogP contribution is -2.11. The molecule has 0 fully saturated rings. The zero-order valence-electron chi connectivity index (χ0n) is 9.09. The Labute approximate surface area is 99.4 Å². The topological polar surface area (TPSA) is 39.7 Å². The van der Waals surface area contributed by atoms with Gasteiger partial charge in [-0.1, -0.05) is 17.7 Å². The Morgan fingerprint density at radius 3 is 3.00 bits per heavy atom. The van der Waals surface area contributed by atoms with Crippen LogP contribution in [-0.2, 0) is 11.4 Å². The largest absolute Gasteiger partial charge is 0.490 e. The van der Waals surface area contributed by atoms with E-state index in [1.807, 2.05) is 12.1 Å². The number of nitrogens with one attached hydrogen (secondary N) is 1. The maximum Gasteiger partial charge on any atom is 0.180 e. The van der Waals surface area contributed by atoms with Crippen molar-refractivity contribution >= 4 is 11.6 Å². The van der Waals surface area contributed by atoms with Crippen LogP contribution in [0.5, 0.6) is 11.5 Å². The van der Waals surface area contributed by atoms with Crippen LogP contribution in [0.3, 0.4) is 0 Å². The molecule has 0 spiro atoms. The van der Waals surface area contributed by atoms with Gasteiger partial charge in [0.05, 0.1) is 25.3 Å². The first kappa shape index (κ1) is 11.5. The fourth-order valence-electron chi connectivity index (χ4n) is 1.53. The van der Waals surface area contributed by atoms with E-state index < -0.39 is 0 Å². The highest BCUT2D eigenvalue weighted by Crippen LogP contribution is 2.38. The fraction of sp³-hybridized carbons (Fsp3) is 0.455. The normalized spacial score (nSPS) is 14.6. The molecule has 1 aromatic rings. The summed E-state index contributed by atoms with van der Waals surface area (Å²) in [7, 11) is 1.57. The van der Waals surface area contributed by atoms with Crippen LogP contribution in [0, 0.1) is 0 Å². The van der Waals surface area contributed by atoms with E-state index in [0.717, 1.165) is 12.0 Å². The van der Waals surface area contributed by atoms with Gasteiger partial charge in [0, 0.05) is 13.0 Å². The van der Waals surface area contributed by atoms with Gasteiger partial charge in [0.25, 0.3) is 0 Å². The Hall–Kier alpha value is -0.970. The lowest BCUT2D eigenvalue weighted by molar-refractivity contribution is 0.0867. The molecule has 0 saturated heterocycles. The Balaban J connectivity index is 2.26. The number of rotatable bonds is 3. The SMILES string of the molecule is CONCc1ccc2c(c1Cl)OCCCO2. The van der Waals surface area contributed by atoms with Crippen LogP contribution in [0.25, 0.3) is 0 Å². The van der Waals surface area contributed by atoms with E-state index in [2.05, 4.69) is 5.48 Å². The third kappa shape index (κ3) is 2.40. The van der Waals surface area contributed by atoms with Gasteiger partial charge in [0.1, 0.15) is 0 Å². The van der Waals surface area contributed by atoms with Crippen molar-refractivity contribution in [1.29, 1.82) is 0 Å². The van der Waals surface area contributed by atoms with E-state index in [4.69, 9.17) is 25.9 Å². The van der Waals surface area contributed by atoms with Crippen molar-refractivity contribution in [3.8, 4) is 11.5 Å². The summed E-state index contributed by atoms with van der Waals surface area (Å²) in [5, 5.41) is 0.587. The molecular weight excluding hydrogens is 230 g/mol. The van der Waals surface area contributed by atoms with Gasteiger partial charge >= 0.3 is 0 Å². The smallest absolute Gasteiger partial charge is 0.180 e. The molecule has 88 valence electrons. The predicted molar refractivity (Wildman–Crippen MR) is 60.9 cm³/mol. The lowest BCUT2D eigenvalue weighted by Gasteiger charge is -2.12. The highest BCUT2D eigenvalue weighted by molar-refractivity contribution is 6.33. The van der Waals surface area contributed by atoms with Gasteiger partial charge in [-0.3, -0.25) is 0 Å². The first-order valence-electron chi connectivity index (χ1n) is 5.15. The van der Waals surface area contributed by atoms with Crippen LogP contribution < -0.4 is 15.0 Å². The first-order valence-corrected chi connectivity index (χ1v) is 5.53. The average molecular weight is 244 g/mol. The molecule has 0 radical (unpaired) electrons. The van der Waals surface area contributed by atoms with Crippen molar-refractivity contribution < 1.29 is 14.3 Å². The molecule has 0 aliphatic carbocycles. The van der Waals surface area contributed by atoms with Crippen LogP contribution in [0.2, 0.25) is 5.02 Å². The molecular formula is C11H14ClNO3. The minimum atomic E-state index is 0.534. The number of hydroxylamine groups is 1. The number of hydrogen-bond acceptors (Lipinski definition) is 4. The molecule has 0 saturated carbocycles. The van der Waals surface area contributed by atoms with E-state index in [9.17, 15) is 0 Å². The average Bonchev–Trinajstić information content (AvgIpc) is 2.54. The van der Waals surface area contributed by atoms with Gasteiger partial charge in [0.2, 0.25) is 0 Å². The quantitative estimate of drug-likeness (QED) is 0.826. The van der Waals surface area contributed by atoms with Crippen molar-refractivity contribution in [2.45, 2.75) is 13.0 Å². The molecule has 0 aromatic heterocycles. The molecule has 1 aliphatic heterocycles. The summed E-state index contributed by atoms with van der Waals surface area (Å²) in [6, 6.07) is 3.78. The van der Waals surface area contributed by atoms with Gasteiger partial charge in [-0.05, 0) is 11.6 Å². The maximum atomic E-state index is 6.23. The van der Waals surface area contributed by atoms with Crippen LogP contribution in [0.15, 0.2) is 12.1 Å². The van der Waals surface area contributed by atoms with Crippen molar-refractivity contribution in [2.75, 3.05) is 20.3 Å². The van der Waals surface area contributed by atoms with Crippen LogP contribution >= 0.6 is 11.6 Å². The molecule has 16 heavy (non-hydrogen) atoms. The highest BCUT2D eigenvalue weighted by atomic mass is 35.5. The third-order valence-electron chi connectivity index (χ3n) is 2.34. The van der Waals surface area contributed by atoms with E-state index >= 15 is 0 Å². The summed E-state index contributed by atoms with van der Waals surface area (Å²) in [5.41, 5.74) is 3.67. The number of hydrogen-bond donors (Lipinski definition) is 1. The minimum Gasteiger partial charge on any atom is -0.490 e. The van der Waals surface area contributed by atoms with Crippen molar-refractivity contribution in [3.05, 3.63) is 22.7 Å². The van der Waals surface area contributed by atoms with E-state index in [0.29, 0.717) is 36.3 Å². The number of benzene rings is 1. The number of ether oxygens (including phenoxy) is 2. The summed E-state index contributed by atoms with van der Waals surface area (Å²) in [6.07, 6.45) is 0.872. The van der Waals surface area contributed by atoms with Crippen molar-refractivity contribution in [2.24, 2.45) is 0 Å². The second-order valence-corrected chi connectivity index (χ2v) is 3.82. The minimum absolute atomic E-state index is 0.534. The fourth-order valence-corrected chi connectivity index (χ4v) is 1.81. The van der Waals surface area contributed by atoms with Crippen molar-refractivity contribution in [3.63, 3.8) is 0 Å². The second-order valence-electron chi connectivity index (χ2n) is 3.44. The molecule has 1 heterocycles. The standard InChI is InChI=1S/C11H14ClNO3/c1-14-13-7-8-3-4-9-11(10(8)12)16-6-2-5-15-9/h3-4,13H,2,5-7H2,1H3. The summed E-state index contributed by atoms with van der Waals surface area (Å²) < 4.78 is 11.1. The molecule has 1 aliphatic rings. The van der Waals surface area contributed by atoms with Crippen LogP contribution in [-0.4, -0.2) is 20.3 Å². The van der Waals surface area contributed by atoms with Gasteiger partial charge < -0.3 is 14.3 Å². The summed E-state index contributed by atoms with van der Waals surface area (Å²) >= 11 is 6.23. The summed E-state index contributed by atoms with van der Waals surface area (Å²) in [5.74, 6) is 1.35. The molecule has 0 atom stereocenters. The first-order chi connectivity index (χ1) is 7.83. The van der Waals surface area contributed by atoms with E-state index in [1.165, 1.54) is 0 Å². The zero-order valence-corrected chi connectivity index (χ0v) is 9.84. The Morgan fingerprint density at radius 2 is 2.19 bits per heavy atom. The van der Waals surface area contributed by atoms with E-state index in [-0.39, 0.29) is 0 Å². The van der Waals surface area contributed by atoms with Gasteiger partial charge in [0.15, 0.2) is 11.5 Å². The number of fused-ring (bicyclic) bond motifs is 1. The molecule has 4 nitrogen and oxygen atoms in total. The monoisotopic (exact) mass is 243 g/mol. The molecule has 0 bridgehead atoms. The van der Waals surface area contributed by atoms with Crippen LogP contribution in [0.1, 0.15) is 12.0 Å². The van der Waals surface area contributed by atoms with Gasteiger partial charge in [-0.2, -0.15) is 5.48 Å². The lowest BCUT2D eigenvalue weighted by atomic mass is 10.2. The molecule has 0 unspecified atom stereocenters. The van der Waals surface area contributed by atoms with Gasteiger partial charge in [-0.15, -0.1) is 0 Å². The maximum absolute atomic E-state index is 6.23. The summed E-state index contributed by atoms with van der Waals surface area (Å²) in [4.78, 5) is 4.79. The molecule has 1 N–H and O–H groups in total. The van der Waals surface area contributed by atoms with Gasteiger partial charge in [-0.25, -0.2) is 0 Å². The Kier molecular flexibility index (Phi) is 3.88. The van der Waals surface area contributed by atoms with E-state index in [1.54, 1.807) is 7.11 Å². The second kappa shape index (κ2) is 5.39. The number of halogens is 1. The molecule has 1 aromatic carbocycles.